The van der Waals surface area contributed by atoms with Crippen molar-refractivity contribution >= 4 is 11.8 Å². The van der Waals surface area contributed by atoms with E-state index in [2.05, 4.69) is 0 Å². The Kier molecular flexibility index (Phi) is 6.44. The maximum Gasteiger partial charge on any atom is 0.438 e. The van der Waals surface area contributed by atoms with Crippen LogP contribution in [0.5, 0.6) is 0 Å². The lowest BCUT2D eigenvalue weighted by Gasteiger charge is -2.37. The molecule has 13 heteroatoms. The van der Waals surface area contributed by atoms with E-state index in [4.69, 9.17) is 0 Å². The average Bonchev–Trinajstić information content (AvgIpc) is 2.96. The first-order valence-electron chi connectivity index (χ1n) is 10.0. The molecule has 1 aliphatic heterocycles. The fraction of sp³-hybridized carbons (Fsp3) is 0.800. The Morgan fingerprint density at radius 2 is 1.42 bits per heavy atom. The molecule has 0 radical (unpaired) electrons. The Morgan fingerprint density at radius 3 is 1.76 bits per heavy atom. The number of likely N-dealkylation sites (tertiary alicyclic amines) is 1. The molecule has 1 saturated heterocycles. The molecule has 33 heavy (non-hydrogen) atoms. The van der Waals surface area contributed by atoms with Crippen LogP contribution in [0.15, 0.2) is 11.7 Å². The molecule has 4 nitrogen and oxygen atoms in total. The lowest BCUT2D eigenvalue weighted by atomic mass is 9.85. The summed E-state index contributed by atoms with van der Waals surface area (Å²) in [7, 11) is 0. The Labute approximate surface area is 184 Å². The number of piperidine rings is 1. The van der Waals surface area contributed by atoms with Gasteiger partial charge in [-0.25, -0.2) is 8.78 Å². The molecule has 1 saturated carbocycles. The second-order valence-electron chi connectivity index (χ2n) is 10.2. The predicted molar refractivity (Wildman–Crippen MR) is 98.5 cm³/mol. The van der Waals surface area contributed by atoms with Crippen molar-refractivity contribution in [2.45, 2.75) is 71.6 Å². The number of hydrogen-bond acceptors (Lipinski definition) is 2. The molecule has 2 rings (SSSR count). The van der Waals surface area contributed by atoms with Crippen LogP contribution in [0.1, 0.15) is 41.5 Å². The van der Waals surface area contributed by atoms with Crippen molar-refractivity contribution in [3.8, 4) is 0 Å². The van der Waals surface area contributed by atoms with E-state index in [0.29, 0.717) is 0 Å². The summed E-state index contributed by atoms with van der Waals surface area (Å²) in [6.07, 6.45) is -13.9. The van der Waals surface area contributed by atoms with Crippen LogP contribution in [0.3, 0.4) is 0 Å². The number of nitrogens with zero attached hydrogens (tertiary/aromatic N) is 1. The van der Waals surface area contributed by atoms with Crippen LogP contribution in [-0.2, 0) is 9.59 Å². The monoisotopic (exact) mass is 496 g/mol. The number of halogens is 9. The number of carbonyl (C=O) groups is 2. The zero-order valence-corrected chi connectivity index (χ0v) is 18.7. The van der Waals surface area contributed by atoms with E-state index in [1.807, 2.05) is 13.8 Å². The summed E-state index contributed by atoms with van der Waals surface area (Å²) in [5, 5.41) is 1.66. The van der Waals surface area contributed by atoms with Gasteiger partial charge < -0.3 is 10.2 Å². The molecule has 1 heterocycles. The lowest BCUT2D eigenvalue weighted by Crippen LogP contribution is -2.57. The molecule has 1 aliphatic carbocycles. The van der Waals surface area contributed by atoms with E-state index >= 15 is 0 Å². The van der Waals surface area contributed by atoms with Gasteiger partial charge >= 0.3 is 18.0 Å². The molecule has 0 bridgehead atoms. The summed E-state index contributed by atoms with van der Waals surface area (Å²) in [5.74, 6) is -10.1. The molecular formula is C20H25F9N2O2. The highest BCUT2D eigenvalue weighted by molar-refractivity contribution is 5.96. The van der Waals surface area contributed by atoms with Crippen LogP contribution in [-0.4, -0.2) is 53.4 Å². The molecule has 2 aliphatic rings. The van der Waals surface area contributed by atoms with Gasteiger partial charge in [0.25, 0.3) is 5.91 Å². The zero-order chi connectivity index (χ0) is 26.1. The van der Waals surface area contributed by atoms with Crippen molar-refractivity contribution in [2.24, 2.45) is 22.7 Å². The van der Waals surface area contributed by atoms with Gasteiger partial charge in [-0.15, -0.1) is 0 Å². The van der Waals surface area contributed by atoms with E-state index in [-0.39, 0.29) is 29.8 Å². The van der Waals surface area contributed by atoms with Crippen LogP contribution in [0.25, 0.3) is 0 Å². The van der Waals surface area contributed by atoms with E-state index in [1.165, 1.54) is 25.7 Å². The van der Waals surface area contributed by atoms with Gasteiger partial charge in [-0.1, -0.05) is 34.6 Å². The molecular weight excluding hydrogens is 471 g/mol. The molecule has 0 unspecified atom stereocenters. The molecule has 0 aromatic carbocycles. The summed E-state index contributed by atoms with van der Waals surface area (Å²) in [5.41, 5.74) is -7.97. The molecule has 4 atom stereocenters. The Bertz CT molecular complexity index is 841. The summed E-state index contributed by atoms with van der Waals surface area (Å²) in [4.78, 5) is 26.5. The average molecular weight is 496 g/mol. The molecule has 2 amide bonds. The highest BCUT2D eigenvalue weighted by Gasteiger charge is 2.77. The van der Waals surface area contributed by atoms with E-state index in [1.54, 1.807) is 12.2 Å². The molecule has 190 valence electrons. The summed E-state index contributed by atoms with van der Waals surface area (Å²) in [6.45, 7) is 10.2. The molecule has 0 aromatic rings. The Morgan fingerprint density at radius 1 is 0.970 bits per heavy atom. The maximum absolute atomic E-state index is 14.1. The number of nitrogens with one attached hydrogen (secondary N) is 1. The normalized spacial score (nSPS) is 27.0. The first-order chi connectivity index (χ1) is 14.5. The number of alkyl halides is 7. The number of amides is 2. The molecule has 0 aromatic heterocycles. The largest absolute Gasteiger partial charge is 0.438 e. The van der Waals surface area contributed by atoms with Crippen molar-refractivity contribution in [2.75, 3.05) is 6.54 Å². The van der Waals surface area contributed by atoms with Crippen molar-refractivity contribution < 1.29 is 49.1 Å². The van der Waals surface area contributed by atoms with Gasteiger partial charge in [-0.2, -0.15) is 30.7 Å². The van der Waals surface area contributed by atoms with Crippen LogP contribution in [0.2, 0.25) is 0 Å². The summed E-state index contributed by atoms with van der Waals surface area (Å²) in [6, 6.07) is -1.94. The van der Waals surface area contributed by atoms with Crippen molar-refractivity contribution in [1.29, 1.82) is 0 Å². The minimum absolute atomic E-state index is 0.0334. The standard InChI is InChI=1S/C20H25F9N2O2/c1-8-10-9(17(10,5)6)7-31(8)15(33)13(16(2,3)4)30-14(32)11(21)12(22)18(23,19(24,25)26)20(27,28)29/h8-10,13H,7H2,1-6H3,(H,30,32)/b12-11+/t8-,9+,10-,13-/m1/s1. The molecule has 1 N–H and O–H groups in total. The number of allylic oxidation sites excluding steroid dienone is 1. The quantitative estimate of drug-likeness (QED) is 0.440. The minimum Gasteiger partial charge on any atom is -0.338 e. The van der Waals surface area contributed by atoms with Gasteiger partial charge in [-0.05, 0) is 29.6 Å². The maximum atomic E-state index is 14.1. The summed E-state index contributed by atoms with van der Waals surface area (Å²) >= 11 is 0. The third-order valence-corrected chi connectivity index (χ3v) is 6.69. The Hall–Kier alpha value is -1.95. The van der Waals surface area contributed by atoms with Crippen molar-refractivity contribution in [3.63, 3.8) is 0 Å². The third-order valence-electron chi connectivity index (χ3n) is 6.69. The first kappa shape index (κ1) is 27.3. The highest BCUT2D eigenvalue weighted by Crippen LogP contribution is 2.64. The number of fused-ring (bicyclic) bond motifs is 1. The van der Waals surface area contributed by atoms with Gasteiger partial charge in [0.2, 0.25) is 11.7 Å². The van der Waals surface area contributed by atoms with Gasteiger partial charge in [0.1, 0.15) is 6.04 Å². The van der Waals surface area contributed by atoms with E-state index < -0.39 is 52.9 Å². The Balaban J connectivity index is 2.35. The topological polar surface area (TPSA) is 49.4 Å². The third kappa shape index (κ3) is 4.31. The molecule has 2 fully saturated rings. The number of carbonyl (C=O) groups excluding carboxylic acids is 2. The fourth-order valence-electron chi connectivity index (χ4n) is 4.63. The SMILES string of the molecule is C[C@@H]1[C@@H]2[C@H](CN1C(=O)[C@@H](NC(=O)/C(F)=C(\F)C(F)(C(F)(F)F)C(F)(F)F)C(C)(C)C)C2(C)C. The minimum atomic E-state index is -6.94. The van der Waals surface area contributed by atoms with Gasteiger partial charge in [0.15, 0.2) is 5.83 Å². The number of hydrogen-bond donors (Lipinski definition) is 1. The number of rotatable bonds is 4. The van der Waals surface area contributed by atoms with Crippen molar-refractivity contribution in [3.05, 3.63) is 11.7 Å². The molecule has 0 spiro atoms. The van der Waals surface area contributed by atoms with Crippen LogP contribution < -0.4 is 5.32 Å². The summed E-state index contributed by atoms with van der Waals surface area (Å²) < 4.78 is 118. The second kappa shape index (κ2) is 7.79. The second-order valence-corrected chi connectivity index (χ2v) is 10.2. The lowest BCUT2D eigenvalue weighted by molar-refractivity contribution is -0.331. The van der Waals surface area contributed by atoms with E-state index in [0.717, 1.165) is 0 Å². The predicted octanol–water partition coefficient (Wildman–Crippen LogP) is 5.00. The van der Waals surface area contributed by atoms with Crippen LogP contribution >= 0.6 is 0 Å². The van der Waals surface area contributed by atoms with Crippen molar-refractivity contribution in [1.82, 2.24) is 10.2 Å². The van der Waals surface area contributed by atoms with Gasteiger partial charge in [0, 0.05) is 12.6 Å². The zero-order valence-electron chi connectivity index (χ0n) is 18.7. The smallest absolute Gasteiger partial charge is 0.338 e. The first-order valence-corrected chi connectivity index (χ1v) is 10.0. The highest BCUT2D eigenvalue weighted by atomic mass is 19.4. The van der Waals surface area contributed by atoms with Crippen LogP contribution in [0.4, 0.5) is 39.5 Å². The van der Waals surface area contributed by atoms with Crippen LogP contribution in [0, 0.1) is 22.7 Å². The van der Waals surface area contributed by atoms with Gasteiger partial charge in [0.05, 0.1) is 0 Å². The van der Waals surface area contributed by atoms with E-state index in [9.17, 15) is 49.1 Å². The fourth-order valence-corrected chi connectivity index (χ4v) is 4.63. The van der Waals surface area contributed by atoms with Gasteiger partial charge in [-0.3, -0.25) is 9.59 Å².